The van der Waals surface area contributed by atoms with Crippen molar-refractivity contribution in [1.82, 2.24) is 5.32 Å². The molecule has 1 atom stereocenters. The molecular formula is C34H55NO3. The first-order valence-electron chi connectivity index (χ1n) is 15.6. The summed E-state index contributed by atoms with van der Waals surface area (Å²) in [6, 6.07) is 14.6. The van der Waals surface area contributed by atoms with Gasteiger partial charge >= 0.3 is 5.97 Å². The number of ether oxygens (including phenoxy) is 2. The monoisotopic (exact) mass is 525 g/mol. The maximum Gasteiger partial charge on any atom is 0.306 e. The van der Waals surface area contributed by atoms with Gasteiger partial charge in [0.1, 0.15) is 18.5 Å². The zero-order chi connectivity index (χ0) is 27.3. The van der Waals surface area contributed by atoms with Crippen molar-refractivity contribution in [2.24, 2.45) is 0 Å². The summed E-state index contributed by atoms with van der Waals surface area (Å²) in [5.41, 5.74) is 0. The molecule has 1 N–H and O–H groups in total. The number of hydrogen-bond donors (Lipinski definition) is 1. The molecule has 0 aliphatic carbocycles. The zero-order valence-electron chi connectivity index (χ0n) is 24.6. The van der Waals surface area contributed by atoms with E-state index in [9.17, 15) is 4.79 Å². The summed E-state index contributed by atoms with van der Waals surface area (Å²) >= 11 is 0. The molecule has 0 saturated carbocycles. The maximum absolute atomic E-state index is 12.6. The van der Waals surface area contributed by atoms with E-state index < -0.39 is 0 Å². The second-order valence-electron chi connectivity index (χ2n) is 11.2. The summed E-state index contributed by atoms with van der Waals surface area (Å²) < 4.78 is 12.0. The smallest absolute Gasteiger partial charge is 0.306 e. The van der Waals surface area contributed by atoms with E-state index in [-0.39, 0.29) is 12.1 Å². The number of benzene rings is 2. The highest BCUT2D eigenvalue weighted by Gasteiger charge is 2.16. The molecule has 0 heterocycles. The number of nitrogens with one attached hydrogen (secondary N) is 1. The first-order valence-corrected chi connectivity index (χ1v) is 15.6. The highest BCUT2D eigenvalue weighted by Crippen LogP contribution is 2.25. The lowest BCUT2D eigenvalue weighted by Gasteiger charge is -2.21. The maximum atomic E-state index is 12.6. The third kappa shape index (κ3) is 14.8. The van der Waals surface area contributed by atoms with Gasteiger partial charge in [0.05, 0.1) is 0 Å². The minimum atomic E-state index is -0.305. The van der Waals surface area contributed by atoms with Crippen molar-refractivity contribution in [3.63, 3.8) is 0 Å². The van der Waals surface area contributed by atoms with E-state index in [1.807, 2.05) is 24.3 Å². The fraction of sp³-hybridized carbons (Fsp3) is 0.676. The second kappa shape index (κ2) is 20.8. The topological polar surface area (TPSA) is 47.6 Å². The van der Waals surface area contributed by atoms with Gasteiger partial charge in [0.2, 0.25) is 0 Å². The van der Waals surface area contributed by atoms with Crippen LogP contribution in [0.25, 0.3) is 10.8 Å². The minimum absolute atomic E-state index is 0.114. The van der Waals surface area contributed by atoms with E-state index in [1.165, 1.54) is 83.5 Å². The van der Waals surface area contributed by atoms with Crippen LogP contribution in [-0.4, -0.2) is 31.3 Å². The lowest BCUT2D eigenvalue weighted by atomic mass is 10.0. The lowest BCUT2D eigenvalue weighted by molar-refractivity contribution is -0.150. The zero-order valence-corrected chi connectivity index (χ0v) is 24.6. The summed E-state index contributed by atoms with van der Waals surface area (Å²) in [4.78, 5) is 12.6. The Morgan fingerprint density at radius 1 is 0.737 bits per heavy atom. The minimum Gasteiger partial charge on any atom is -0.489 e. The predicted molar refractivity (Wildman–Crippen MR) is 162 cm³/mol. The van der Waals surface area contributed by atoms with Crippen LogP contribution in [0, 0.1) is 0 Å². The van der Waals surface area contributed by atoms with Crippen LogP contribution in [-0.2, 0) is 9.53 Å². The predicted octanol–water partition coefficient (Wildman–Crippen LogP) is 9.39. The standard InChI is InChI=1S/C34H55NO3/c1-4-5-6-7-8-9-10-11-12-13-14-15-16-17-18-26-34(36)38-31(27-35-29(2)3)28-37-33-25-21-23-30-22-19-20-24-32(30)33/h19-25,29,31,35H,4-18,26-28H2,1-3H3. The van der Waals surface area contributed by atoms with Gasteiger partial charge in [0, 0.05) is 24.4 Å². The Labute approximate surface area is 233 Å². The first-order chi connectivity index (χ1) is 18.6. The Kier molecular flexibility index (Phi) is 17.6. The van der Waals surface area contributed by atoms with Gasteiger partial charge in [0.15, 0.2) is 0 Å². The van der Waals surface area contributed by atoms with E-state index in [4.69, 9.17) is 9.47 Å². The van der Waals surface area contributed by atoms with Crippen LogP contribution in [0.1, 0.15) is 124 Å². The third-order valence-electron chi connectivity index (χ3n) is 7.21. The molecule has 0 bridgehead atoms. The van der Waals surface area contributed by atoms with Crippen LogP contribution in [0.4, 0.5) is 0 Å². The average Bonchev–Trinajstić information content (AvgIpc) is 2.92. The molecule has 214 valence electrons. The molecule has 2 aromatic rings. The van der Waals surface area contributed by atoms with Gasteiger partial charge in [0.25, 0.3) is 0 Å². The number of rotatable bonds is 23. The van der Waals surface area contributed by atoms with Gasteiger partial charge in [-0.05, 0) is 17.9 Å². The van der Waals surface area contributed by atoms with Crippen molar-refractivity contribution < 1.29 is 14.3 Å². The van der Waals surface area contributed by atoms with Gasteiger partial charge in [-0.3, -0.25) is 4.79 Å². The van der Waals surface area contributed by atoms with Crippen LogP contribution >= 0.6 is 0 Å². The number of fused-ring (bicyclic) bond motifs is 1. The van der Waals surface area contributed by atoms with Crippen LogP contribution in [0.3, 0.4) is 0 Å². The molecule has 4 nitrogen and oxygen atoms in total. The Hall–Kier alpha value is -2.07. The molecule has 2 aromatic carbocycles. The van der Waals surface area contributed by atoms with Crippen molar-refractivity contribution in [1.29, 1.82) is 0 Å². The summed E-state index contributed by atoms with van der Waals surface area (Å²) in [5, 5.41) is 5.61. The van der Waals surface area contributed by atoms with E-state index >= 15 is 0 Å². The lowest BCUT2D eigenvalue weighted by Crippen LogP contribution is -2.38. The van der Waals surface area contributed by atoms with Crippen molar-refractivity contribution >= 4 is 16.7 Å². The van der Waals surface area contributed by atoms with Gasteiger partial charge in [-0.25, -0.2) is 0 Å². The molecule has 38 heavy (non-hydrogen) atoms. The fourth-order valence-corrected chi connectivity index (χ4v) is 4.89. The summed E-state index contributed by atoms with van der Waals surface area (Å²) in [6.07, 6.45) is 20.0. The van der Waals surface area contributed by atoms with E-state index in [1.54, 1.807) is 0 Å². The highest BCUT2D eigenvalue weighted by atomic mass is 16.6. The van der Waals surface area contributed by atoms with Crippen molar-refractivity contribution in [3.05, 3.63) is 42.5 Å². The number of carbonyl (C=O) groups excluding carboxylic acids is 1. The Bertz CT molecular complexity index is 860. The molecule has 1 unspecified atom stereocenters. The number of hydrogen-bond acceptors (Lipinski definition) is 4. The molecule has 2 rings (SSSR count). The van der Waals surface area contributed by atoms with E-state index in [2.05, 4.69) is 44.3 Å². The molecule has 0 saturated heterocycles. The molecule has 0 aromatic heterocycles. The molecule has 0 amide bonds. The average molecular weight is 526 g/mol. The molecule has 4 heteroatoms. The molecule has 0 aliphatic heterocycles. The third-order valence-corrected chi connectivity index (χ3v) is 7.21. The Balaban J connectivity index is 1.55. The summed E-state index contributed by atoms with van der Waals surface area (Å²) in [6.45, 7) is 7.41. The molecule has 0 fully saturated rings. The largest absolute Gasteiger partial charge is 0.489 e. The van der Waals surface area contributed by atoms with Crippen molar-refractivity contribution in [3.8, 4) is 5.75 Å². The second-order valence-corrected chi connectivity index (χ2v) is 11.2. The normalized spacial score (nSPS) is 12.2. The highest BCUT2D eigenvalue weighted by molar-refractivity contribution is 5.88. The van der Waals surface area contributed by atoms with Gasteiger partial charge in [-0.15, -0.1) is 0 Å². The quantitative estimate of drug-likeness (QED) is 0.116. The number of unbranched alkanes of at least 4 members (excludes halogenated alkanes) is 14. The first kappa shape index (κ1) is 32.1. The fourth-order valence-electron chi connectivity index (χ4n) is 4.89. The molecular weight excluding hydrogens is 470 g/mol. The summed E-state index contributed by atoms with van der Waals surface area (Å²) in [5.74, 6) is 0.716. The molecule has 0 spiro atoms. The Morgan fingerprint density at radius 2 is 1.29 bits per heavy atom. The Morgan fingerprint density at radius 3 is 1.89 bits per heavy atom. The van der Waals surface area contributed by atoms with E-state index in [0.717, 1.165) is 29.4 Å². The molecule has 0 aliphatic rings. The van der Waals surface area contributed by atoms with Gasteiger partial charge < -0.3 is 14.8 Å². The van der Waals surface area contributed by atoms with Gasteiger partial charge in [-0.1, -0.05) is 147 Å². The van der Waals surface area contributed by atoms with Crippen LogP contribution < -0.4 is 10.1 Å². The van der Waals surface area contributed by atoms with Crippen LogP contribution in [0.15, 0.2) is 42.5 Å². The van der Waals surface area contributed by atoms with E-state index in [0.29, 0.717) is 25.6 Å². The van der Waals surface area contributed by atoms with Crippen molar-refractivity contribution in [2.75, 3.05) is 13.2 Å². The van der Waals surface area contributed by atoms with Crippen LogP contribution in [0.5, 0.6) is 5.75 Å². The van der Waals surface area contributed by atoms with Crippen molar-refractivity contribution in [2.45, 2.75) is 136 Å². The SMILES string of the molecule is CCCCCCCCCCCCCCCCCC(=O)OC(CNC(C)C)COc1cccc2ccccc12. The van der Waals surface area contributed by atoms with Gasteiger partial charge in [-0.2, -0.15) is 0 Å². The van der Waals surface area contributed by atoms with Crippen LogP contribution in [0.2, 0.25) is 0 Å². The summed E-state index contributed by atoms with van der Waals surface area (Å²) in [7, 11) is 0. The number of carbonyl (C=O) groups is 1. The molecule has 0 radical (unpaired) electrons. The number of esters is 1.